The number of carbonyl (C=O) groups is 3. The second-order valence-electron chi connectivity index (χ2n) is 8.80. The quantitative estimate of drug-likeness (QED) is 0.524. The van der Waals surface area contributed by atoms with Gasteiger partial charge < -0.3 is 10.6 Å². The maximum atomic E-state index is 12.8. The summed E-state index contributed by atoms with van der Waals surface area (Å²) in [5.74, 6) is 0.132. The molecule has 0 aromatic heterocycles. The highest BCUT2D eigenvalue weighted by Crippen LogP contribution is 2.21. The fourth-order valence-corrected chi connectivity index (χ4v) is 5.41. The third-order valence-electron chi connectivity index (χ3n) is 6.16. The van der Waals surface area contributed by atoms with Crippen LogP contribution in [0, 0.1) is 5.92 Å². The zero-order valence-corrected chi connectivity index (χ0v) is 20.5. The average molecular weight is 497 g/mol. The Morgan fingerprint density at radius 2 is 1.79 bits per heavy atom. The van der Waals surface area contributed by atoms with Gasteiger partial charge in [-0.1, -0.05) is 38.3 Å². The summed E-state index contributed by atoms with van der Waals surface area (Å²) in [6.07, 6.45) is 6.48. The number of thiol groups is 1. The van der Waals surface area contributed by atoms with E-state index in [1.165, 1.54) is 17.0 Å². The summed E-state index contributed by atoms with van der Waals surface area (Å²) in [6.45, 7) is 2.73. The zero-order valence-electron chi connectivity index (χ0n) is 18.8. The third-order valence-corrected chi connectivity index (χ3v) is 8.48. The van der Waals surface area contributed by atoms with E-state index in [9.17, 15) is 22.8 Å². The summed E-state index contributed by atoms with van der Waals surface area (Å²) in [6, 6.07) is 4.91. The predicted octanol–water partition coefficient (Wildman–Crippen LogP) is 3.08. The Kier molecular flexibility index (Phi) is 8.63. The molecule has 5 amide bonds. The number of nitrogens with zero attached hydrogens (tertiary/aromatic N) is 2. The van der Waals surface area contributed by atoms with Crippen molar-refractivity contribution in [3.05, 3.63) is 29.8 Å². The van der Waals surface area contributed by atoms with Crippen LogP contribution >= 0.6 is 12.8 Å². The number of urea groups is 2. The Morgan fingerprint density at radius 1 is 1.12 bits per heavy atom. The average Bonchev–Trinajstić information content (AvgIpc) is 2.79. The molecule has 1 saturated carbocycles. The second kappa shape index (κ2) is 11.2. The molecule has 11 heteroatoms. The summed E-state index contributed by atoms with van der Waals surface area (Å²) in [7, 11) is -4.09. The van der Waals surface area contributed by atoms with Crippen molar-refractivity contribution < 1.29 is 22.8 Å². The molecular weight excluding hydrogens is 464 g/mol. The van der Waals surface area contributed by atoms with E-state index in [4.69, 9.17) is 0 Å². The number of rotatable bonds is 6. The second-order valence-corrected chi connectivity index (χ2v) is 11.3. The SMILES string of the molecule is CC1CCN(C(=O)NCCc2ccc(S(=O)(=O)N(S)C(=O)NC3CCCCC3)cc2)C(=O)C1. The number of amides is 5. The van der Waals surface area contributed by atoms with Gasteiger partial charge in [-0.3, -0.25) is 9.69 Å². The molecule has 0 bridgehead atoms. The fraction of sp³-hybridized carbons (Fsp3) is 0.591. The first-order chi connectivity index (χ1) is 15.7. The van der Waals surface area contributed by atoms with Gasteiger partial charge in [0.05, 0.1) is 4.90 Å². The van der Waals surface area contributed by atoms with E-state index < -0.39 is 22.1 Å². The molecule has 9 nitrogen and oxygen atoms in total. The van der Waals surface area contributed by atoms with Crippen molar-refractivity contribution in [3.8, 4) is 0 Å². The van der Waals surface area contributed by atoms with E-state index in [-0.39, 0.29) is 16.8 Å². The third kappa shape index (κ3) is 6.63. The van der Waals surface area contributed by atoms with Gasteiger partial charge in [-0.2, -0.15) is 3.71 Å². The van der Waals surface area contributed by atoms with Crippen molar-refractivity contribution in [2.24, 2.45) is 5.92 Å². The Labute approximate surface area is 200 Å². The molecule has 0 spiro atoms. The van der Waals surface area contributed by atoms with Gasteiger partial charge in [-0.05, 0) is 62.1 Å². The van der Waals surface area contributed by atoms with Crippen molar-refractivity contribution in [3.63, 3.8) is 0 Å². The molecule has 2 fully saturated rings. The van der Waals surface area contributed by atoms with Gasteiger partial charge in [0.1, 0.15) is 0 Å². The largest absolute Gasteiger partial charge is 0.341 e. The monoisotopic (exact) mass is 496 g/mol. The van der Waals surface area contributed by atoms with Crippen molar-refractivity contribution in [2.45, 2.75) is 69.2 Å². The van der Waals surface area contributed by atoms with Gasteiger partial charge in [0.25, 0.3) is 10.0 Å². The molecule has 1 unspecified atom stereocenters. The number of hydrogen-bond acceptors (Lipinski definition) is 6. The Balaban J connectivity index is 1.50. The maximum absolute atomic E-state index is 12.8. The van der Waals surface area contributed by atoms with Gasteiger partial charge in [0, 0.05) is 25.6 Å². The number of hydrogen-bond donors (Lipinski definition) is 3. The van der Waals surface area contributed by atoms with E-state index in [1.54, 1.807) is 12.1 Å². The fourth-order valence-electron chi connectivity index (χ4n) is 4.12. The van der Waals surface area contributed by atoms with Gasteiger partial charge in [0.2, 0.25) is 5.91 Å². The molecule has 1 aliphatic heterocycles. The van der Waals surface area contributed by atoms with Crippen LogP contribution in [0.2, 0.25) is 0 Å². The number of carbonyl (C=O) groups excluding carboxylic acids is 3. The molecule has 33 heavy (non-hydrogen) atoms. The van der Waals surface area contributed by atoms with Crippen LogP contribution < -0.4 is 10.6 Å². The van der Waals surface area contributed by atoms with Crippen LogP contribution in [-0.2, 0) is 21.2 Å². The van der Waals surface area contributed by atoms with Gasteiger partial charge in [-0.25, -0.2) is 18.0 Å². The van der Waals surface area contributed by atoms with Gasteiger partial charge >= 0.3 is 12.1 Å². The Bertz CT molecular complexity index is 962. The molecular formula is C22H32N4O5S2. The van der Waals surface area contributed by atoms with Gasteiger partial charge in [-0.15, -0.1) is 0 Å². The predicted molar refractivity (Wildman–Crippen MR) is 127 cm³/mol. The van der Waals surface area contributed by atoms with E-state index in [0.717, 1.165) is 44.1 Å². The van der Waals surface area contributed by atoms with E-state index in [1.807, 2.05) is 6.92 Å². The molecule has 1 aromatic rings. The molecule has 1 aliphatic carbocycles. The lowest BCUT2D eigenvalue weighted by Crippen LogP contribution is -2.48. The maximum Gasteiger partial charge on any atom is 0.341 e. The highest BCUT2D eigenvalue weighted by atomic mass is 32.3. The van der Waals surface area contributed by atoms with Gasteiger partial charge in [0.15, 0.2) is 0 Å². The number of likely N-dealkylation sites (tertiary alicyclic amines) is 1. The zero-order chi connectivity index (χ0) is 24.0. The molecule has 1 saturated heterocycles. The molecule has 3 rings (SSSR count). The minimum Gasteiger partial charge on any atom is -0.337 e. The van der Waals surface area contributed by atoms with Crippen LogP contribution in [0.25, 0.3) is 0 Å². The molecule has 1 heterocycles. The Morgan fingerprint density at radius 3 is 2.42 bits per heavy atom. The summed E-state index contributed by atoms with van der Waals surface area (Å²) >= 11 is 3.94. The van der Waals surface area contributed by atoms with Crippen LogP contribution in [0.5, 0.6) is 0 Å². The molecule has 1 atom stereocenters. The van der Waals surface area contributed by atoms with E-state index in [2.05, 4.69) is 23.4 Å². The van der Waals surface area contributed by atoms with Crippen molar-refractivity contribution in [1.29, 1.82) is 0 Å². The summed E-state index contributed by atoms with van der Waals surface area (Å²) < 4.78 is 26.0. The van der Waals surface area contributed by atoms with Crippen LogP contribution in [0.1, 0.15) is 57.4 Å². The highest BCUT2D eigenvalue weighted by molar-refractivity contribution is 8.00. The minimum absolute atomic E-state index is 0.0303. The van der Waals surface area contributed by atoms with E-state index in [0.29, 0.717) is 35.6 Å². The molecule has 2 aliphatic rings. The number of imide groups is 1. The smallest absolute Gasteiger partial charge is 0.337 e. The first kappa shape index (κ1) is 25.4. The number of sulfonamides is 1. The Hall–Kier alpha value is -2.27. The van der Waals surface area contributed by atoms with E-state index >= 15 is 0 Å². The summed E-state index contributed by atoms with van der Waals surface area (Å²) in [5.41, 5.74) is 0.810. The van der Waals surface area contributed by atoms with Crippen LogP contribution in [0.15, 0.2) is 29.2 Å². The number of nitrogens with one attached hydrogen (secondary N) is 2. The van der Waals surface area contributed by atoms with Crippen molar-refractivity contribution >= 4 is 40.8 Å². The van der Waals surface area contributed by atoms with Crippen LogP contribution in [0.4, 0.5) is 9.59 Å². The topological polar surface area (TPSA) is 116 Å². The van der Waals surface area contributed by atoms with Crippen molar-refractivity contribution in [1.82, 2.24) is 19.2 Å². The summed E-state index contributed by atoms with van der Waals surface area (Å²) in [4.78, 5) is 37.8. The highest BCUT2D eigenvalue weighted by Gasteiger charge is 2.29. The lowest BCUT2D eigenvalue weighted by atomic mass is 9.96. The molecule has 182 valence electrons. The minimum atomic E-state index is -4.09. The lowest BCUT2D eigenvalue weighted by Gasteiger charge is -2.28. The molecule has 2 N–H and O–H groups in total. The number of benzene rings is 1. The lowest BCUT2D eigenvalue weighted by molar-refractivity contribution is -0.131. The first-order valence-corrected chi connectivity index (χ1v) is 13.2. The standard InChI is InChI=1S/C22H32N4O5S2/c1-16-12-14-25(20(27)15-16)21(28)23-13-11-17-7-9-19(10-8-17)33(30,31)26(32)22(29)24-18-5-3-2-4-6-18/h7-10,16,18,32H,2-6,11-15H2,1H3,(H,23,28)(H,24,29). The van der Waals surface area contributed by atoms with Crippen molar-refractivity contribution in [2.75, 3.05) is 13.1 Å². The van der Waals surface area contributed by atoms with Crippen LogP contribution in [0.3, 0.4) is 0 Å². The summed E-state index contributed by atoms with van der Waals surface area (Å²) in [5, 5.41) is 5.48. The molecule has 0 radical (unpaired) electrons. The normalized spacial score (nSPS) is 19.8. The first-order valence-electron chi connectivity index (χ1n) is 11.4. The van der Waals surface area contributed by atoms with Crippen LogP contribution in [-0.4, -0.2) is 54.1 Å². The molecule has 1 aromatic carbocycles. The number of piperidine rings is 1.